The molecule has 2 aromatic rings. The number of anilines is 2. The largest absolute Gasteiger partial charge is 0.360 e. The van der Waals surface area contributed by atoms with E-state index in [1.807, 2.05) is 27.8 Å². The molecule has 0 saturated carbocycles. The van der Waals surface area contributed by atoms with Gasteiger partial charge in [-0.25, -0.2) is 9.97 Å². The molecule has 0 atom stereocenters. The van der Waals surface area contributed by atoms with Crippen molar-refractivity contribution >= 4 is 17.5 Å². The lowest BCUT2D eigenvalue weighted by atomic mass is 9.96. The van der Waals surface area contributed by atoms with Gasteiger partial charge >= 0.3 is 0 Å². The van der Waals surface area contributed by atoms with E-state index in [2.05, 4.69) is 20.4 Å². The topological polar surface area (TPSA) is 84.2 Å². The fourth-order valence-corrected chi connectivity index (χ4v) is 1.83. The zero-order chi connectivity index (χ0) is 16.3. The van der Waals surface area contributed by atoms with Crippen LogP contribution in [0, 0.1) is 6.92 Å². The van der Waals surface area contributed by atoms with Crippen molar-refractivity contribution < 1.29 is 9.32 Å². The Hall–Kier alpha value is -2.44. The van der Waals surface area contributed by atoms with Crippen molar-refractivity contribution in [3.05, 3.63) is 29.9 Å². The maximum absolute atomic E-state index is 12.0. The second-order valence-corrected chi connectivity index (χ2v) is 6.22. The fourth-order valence-electron chi connectivity index (χ4n) is 1.83. The minimum Gasteiger partial charge on any atom is -0.360 e. The van der Waals surface area contributed by atoms with Gasteiger partial charge in [0.25, 0.3) is 0 Å². The van der Waals surface area contributed by atoms with Crippen LogP contribution in [0.15, 0.2) is 22.9 Å². The average molecular weight is 303 g/mol. The minimum absolute atomic E-state index is 0.142. The summed E-state index contributed by atoms with van der Waals surface area (Å²) in [7, 11) is 1.81. The van der Waals surface area contributed by atoms with Gasteiger partial charge in [-0.15, -0.1) is 0 Å². The number of carbonyl (C=O) groups is 1. The molecule has 0 unspecified atom stereocenters. The van der Waals surface area contributed by atoms with Gasteiger partial charge in [0.1, 0.15) is 17.4 Å². The van der Waals surface area contributed by atoms with E-state index in [9.17, 15) is 4.79 Å². The molecule has 7 nitrogen and oxygen atoms in total. The van der Waals surface area contributed by atoms with Gasteiger partial charge in [-0.2, -0.15) is 0 Å². The number of likely N-dealkylation sites (N-methyl/N-ethyl adjacent to an activating group) is 1. The molecule has 7 heteroatoms. The monoisotopic (exact) mass is 303 g/mol. The Balaban J connectivity index is 2.02. The molecule has 1 amide bonds. The Morgan fingerprint density at radius 2 is 2.14 bits per heavy atom. The van der Waals surface area contributed by atoms with Crippen LogP contribution in [0.2, 0.25) is 0 Å². The minimum atomic E-state index is -0.188. The Morgan fingerprint density at radius 1 is 1.41 bits per heavy atom. The first kappa shape index (κ1) is 15.9. The van der Waals surface area contributed by atoms with E-state index in [1.165, 1.54) is 0 Å². The molecule has 2 aromatic heterocycles. The maximum Gasteiger partial charge on any atom is 0.245 e. The Morgan fingerprint density at radius 3 is 2.73 bits per heavy atom. The maximum atomic E-state index is 12.0. The van der Waals surface area contributed by atoms with E-state index in [4.69, 9.17) is 4.52 Å². The summed E-state index contributed by atoms with van der Waals surface area (Å²) in [5.41, 5.74) is -0.142. The molecular formula is C15H21N5O2. The Labute approximate surface area is 129 Å². The number of nitrogens with one attached hydrogen (secondary N) is 1. The lowest BCUT2D eigenvalue weighted by molar-refractivity contribution is -0.115. The third-order valence-corrected chi connectivity index (χ3v) is 2.98. The van der Waals surface area contributed by atoms with E-state index >= 15 is 0 Å². The van der Waals surface area contributed by atoms with Crippen LogP contribution < -0.4 is 10.2 Å². The SMILES string of the molecule is Cc1cc(NC(=O)CN(C)c2ccnc(C(C)(C)C)n2)no1. The number of nitrogens with zero attached hydrogens (tertiary/aromatic N) is 4. The highest BCUT2D eigenvalue weighted by Gasteiger charge is 2.19. The van der Waals surface area contributed by atoms with E-state index < -0.39 is 0 Å². The molecule has 0 fully saturated rings. The van der Waals surface area contributed by atoms with Crippen LogP contribution in [0.25, 0.3) is 0 Å². The lowest BCUT2D eigenvalue weighted by Gasteiger charge is -2.21. The summed E-state index contributed by atoms with van der Waals surface area (Å²) in [6.07, 6.45) is 1.71. The van der Waals surface area contributed by atoms with Gasteiger partial charge in [0.05, 0.1) is 6.54 Å². The van der Waals surface area contributed by atoms with Crippen molar-refractivity contribution in [2.24, 2.45) is 0 Å². The molecule has 0 bridgehead atoms. The number of carbonyl (C=O) groups excluding carboxylic acids is 1. The van der Waals surface area contributed by atoms with Gasteiger partial charge in [0.2, 0.25) is 5.91 Å². The van der Waals surface area contributed by atoms with Gasteiger partial charge in [-0.3, -0.25) is 4.79 Å². The molecular weight excluding hydrogens is 282 g/mol. The molecule has 0 spiro atoms. The predicted molar refractivity (Wildman–Crippen MR) is 83.9 cm³/mol. The number of aryl methyl sites for hydroxylation is 1. The second kappa shape index (κ2) is 6.13. The summed E-state index contributed by atoms with van der Waals surface area (Å²) < 4.78 is 4.91. The molecule has 0 aliphatic rings. The highest BCUT2D eigenvalue weighted by atomic mass is 16.5. The number of hydrogen-bond acceptors (Lipinski definition) is 6. The smallest absolute Gasteiger partial charge is 0.245 e. The third-order valence-electron chi connectivity index (χ3n) is 2.98. The van der Waals surface area contributed by atoms with E-state index in [0.717, 1.165) is 5.82 Å². The molecule has 0 aliphatic carbocycles. The first-order valence-corrected chi connectivity index (χ1v) is 7.03. The zero-order valence-corrected chi connectivity index (χ0v) is 13.5. The number of aromatic nitrogens is 3. The highest BCUT2D eigenvalue weighted by Crippen LogP contribution is 2.20. The summed E-state index contributed by atoms with van der Waals surface area (Å²) in [5.74, 6) is 2.31. The number of amides is 1. The van der Waals surface area contributed by atoms with Crippen LogP contribution in [0.3, 0.4) is 0 Å². The van der Waals surface area contributed by atoms with E-state index in [1.54, 1.807) is 30.2 Å². The first-order chi connectivity index (χ1) is 10.3. The molecule has 2 heterocycles. The summed E-state index contributed by atoms with van der Waals surface area (Å²) in [5, 5.41) is 6.41. The zero-order valence-electron chi connectivity index (χ0n) is 13.5. The predicted octanol–water partition coefficient (Wildman–Crippen LogP) is 2.15. The van der Waals surface area contributed by atoms with E-state index in [0.29, 0.717) is 17.4 Å². The quantitative estimate of drug-likeness (QED) is 0.931. The summed E-state index contributed by atoms with van der Waals surface area (Å²) in [6.45, 7) is 8.07. The molecule has 118 valence electrons. The third kappa shape index (κ3) is 4.03. The Bertz CT molecular complexity index is 660. The van der Waals surface area contributed by atoms with Crippen molar-refractivity contribution in [1.29, 1.82) is 0 Å². The van der Waals surface area contributed by atoms with Crippen LogP contribution in [0.5, 0.6) is 0 Å². The van der Waals surface area contributed by atoms with Gasteiger partial charge in [0.15, 0.2) is 5.82 Å². The van der Waals surface area contributed by atoms with Gasteiger partial charge < -0.3 is 14.7 Å². The molecule has 22 heavy (non-hydrogen) atoms. The molecule has 0 saturated heterocycles. The van der Waals surface area contributed by atoms with Crippen LogP contribution in [-0.2, 0) is 10.2 Å². The van der Waals surface area contributed by atoms with Crippen LogP contribution in [0.1, 0.15) is 32.4 Å². The summed E-state index contributed by atoms with van der Waals surface area (Å²) in [4.78, 5) is 22.6. The van der Waals surface area contributed by atoms with Crippen LogP contribution in [-0.4, -0.2) is 34.6 Å². The van der Waals surface area contributed by atoms with Crippen molar-refractivity contribution in [3.63, 3.8) is 0 Å². The van der Waals surface area contributed by atoms with Crippen molar-refractivity contribution in [3.8, 4) is 0 Å². The Kier molecular flexibility index (Phi) is 4.44. The lowest BCUT2D eigenvalue weighted by Crippen LogP contribution is -2.31. The molecule has 0 aromatic carbocycles. The fraction of sp³-hybridized carbons (Fsp3) is 0.467. The van der Waals surface area contributed by atoms with Crippen LogP contribution >= 0.6 is 0 Å². The summed E-state index contributed by atoms with van der Waals surface area (Å²) in [6, 6.07) is 3.45. The van der Waals surface area contributed by atoms with Gasteiger partial charge in [0, 0.05) is 24.7 Å². The van der Waals surface area contributed by atoms with Crippen LogP contribution in [0.4, 0.5) is 11.6 Å². The summed E-state index contributed by atoms with van der Waals surface area (Å²) >= 11 is 0. The van der Waals surface area contributed by atoms with Crippen molar-refractivity contribution in [2.75, 3.05) is 23.8 Å². The normalized spacial score (nSPS) is 11.3. The van der Waals surface area contributed by atoms with Crippen molar-refractivity contribution in [2.45, 2.75) is 33.1 Å². The molecule has 0 aliphatic heterocycles. The first-order valence-electron chi connectivity index (χ1n) is 7.03. The van der Waals surface area contributed by atoms with Crippen molar-refractivity contribution in [1.82, 2.24) is 15.1 Å². The number of hydrogen-bond donors (Lipinski definition) is 1. The average Bonchev–Trinajstić information content (AvgIpc) is 2.83. The van der Waals surface area contributed by atoms with E-state index in [-0.39, 0.29) is 17.9 Å². The van der Waals surface area contributed by atoms with Gasteiger partial charge in [-0.05, 0) is 13.0 Å². The molecule has 0 radical (unpaired) electrons. The van der Waals surface area contributed by atoms with Gasteiger partial charge in [-0.1, -0.05) is 25.9 Å². The highest BCUT2D eigenvalue weighted by molar-refractivity contribution is 5.93. The standard InChI is InChI=1S/C15H21N5O2/c1-10-8-11(19-22-10)17-13(21)9-20(5)12-6-7-16-14(18-12)15(2,3)4/h6-8H,9H2,1-5H3,(H,17,19,21). The second-order valence-electron chi connectivity index (χ2n) is 6.22. The number of rotatable bonds is 4. The molecule has 1 N–H and O–H groups in total. The molecule has 2 rings (SSSR count).